The molecule has 5 N–H and O–H groups in total. The smallest absolute Gasteiger partial charge is 0.206 e. The standard InChI is InChI=1S/C7H6N2O4/c10-4-2-1-8-9-3(2)5(11)7(13)6(4)12/h1,10-13H,(H,8,9). The van der Waals surface area contributed by atoms with Gasteiger partial charge in [0, 0.05) is 0 Å². The topological polar surface area (TPSA) is 110 Å². The lowest BCUT2D eigenvalue weighted by Crippen LogP contribution is -1.76. The molecule has 0 saturated heterocycles. The number of nitrogens with zero attached hydrogens (tertiary/aromatic N) is 1. The van der Waals surface area contributed by atoms with Crippen LogP contribution in [0.5, 0.6) is 23.0 Å². The normalized spacial score (nSPS) is 10.8. The molecule has 13 heavy (non-hydrogen) atoms. The van der Waals surface area contributed by atoms with E-state index < -0.39 is 23.0 Å². The van der Waals surface area contributed by atoms with Gasteiger partial charge in [-0.05, 0) is 0 Å². The van der Waals surface area contributed by atoms with Crippen molar-refractivity contribution in [3.8, 4) is 23.0 Å². The van der Waals surface area contributed by atoms with Crippen LogP contribution in [0.1, 0.15) is 0 Å². The fourth-order valence-electron chi connectivity index (χ4n) is 1.12. The predicted octanol–water partition coefficient (Wildman–Crippen LogP) is 0.385. The van der Waals surface area contributed by atoms with Crippen molar-refractivity contribution in [2.45, 2.75) is 0 Å². The number of rotatable bonds is 0. The molecule has 0 radical (unpaired) electrons. The van der Waals surface area contributed by atoms with E-state index in [9.17, 15) is 10.2 Å². The summed E-state index contributed by atoms with van der Waals surface area (Å²) in [6.45, 7) is 0. The second-order valence-corrected chi connectivity index (χ2v) is 2.55. The lowest BCUT2D eigenvalue weighted by Gasteiger charge is -2.03. The van der Waals surface area contributed by atoms with Crippen LogP contribution in [-0.4, -0.2) is 30.6 Å². The number of benzene rings is 1. The second-order valence-electron chi connectivity index (χ2n) is 2.55. The number of H-pyrrole nitrogens is 1. The lowest BCUT2D eigenvalue weighted by atomic mass is 10.2. The molecular weight excluding hydrogens is 176 g/mol. The van der Waals surface area contributed by atoms with Crippen molar-refractivity contribution in [2.24, 2.45) is 0 Å². The van der Waals surface area contributed by atoms with Gasteiger partial charge in [-0.2, -0.15) is 5.10 Å². The summed E-state index contributed by atoms with van der Waals surface area (Å²) < 4.78 is 0. The van der Waals surface area contributed by atoms with Gasteiger partial charge in [0.1, 0.15) is 5.52 Å². The summed E-state index contributed by atoms with van der Waals surface area (Å²) in [5, 5.41) is 42.8. The molecule has 2 rings (SSSR count). The third-order valence-corrected chi connectivity index (χ3v) is 1.80. The SMILES string of the molecule is Oc1c(O)c(O)c2[nH]ncc2c1O. The summed E-state index contributed by atoms with van der Waals surface area (Å²) in [5.74, 6) is -2.58. The zero-order valence-corrected chi connectivity index (χ0v) is 6.31. The molecule has 0 aliphatic carbocycles. The number of phenolic OH excluding ortho intramolecular Hbond substituents is 4. The summed E-state index contributed by atoms with van der Waals surface area (Å²) in [5.41, 5.74) is 0.0767. The highest BCUT2D eigenvalue weighted by atomic mass is 16.3. The predicted molar refractivity (Wildman–Crippen MR) is 42.8 cm³/mol. The molecule has 0 aliphatic rings. The minimum absolute atomic E-state index is 0.0767. The van der Waals surface area contributed by atoms with E-state index in [-0.39, 0.29) is 10.9 Å². The number of aromatic amines is 1. The van der Waals surface area contributed by atoms with Gasteiger partial charge in [-0.3, -0.25) is 5.10 Å². The molecule has 0 saturated carbocycles. The van der Waals surface area contributed by atoms with E-state index in [1.165, 1.54) is 6.20 Å². The molecule has 6 heteroatoms. The molecule has 0 aliphatic heterocycles. The molecule has 1 aromatic carbocycles. The van der Waals surface area contributed by atoms with Gasteiger partial charge in [-0.15, -0.1) is 0 Å². The average Bonchev–Trinajstić information content (AvgIpc) is 2.59. The Bertz CT molecular complexity index is 435. The van der Waals surface area contributed by atoms with Crippen molar-refractivity contribution in [3.05, 3.63) is 6.20 Å². The molecule has 6 nitrogen and oxygen atoms in total. The van der Waals surface area contributed by atoms with Crippen molar-refractivity contribution in [2.75, 3.05) is 0 Å². The maximum absolute atomic E-state index is 9.27. The van der Waals surface area contributed by atoms with Crippen LogP contribution in [0, 0.1) is 0 Å². The van der Waals surface area contributed by atoms with E-state index in [0.717, 1.165) is 0 Å². The van der Waals surface area contributed by atoms with Gasteiger partial charge >= 0.3 is 0 Å². The monoisotopic (exact) mass is 182 g/mol. The first-order chi connectivity index (χ1) is 6.13. The second kappa shape index (κ2) is 2.19. The van der Waals surface area contributed by atoms with Gasteiger partial charge in [0.15, 0.2) is 11.5 Å². The molecule has 0 bridgehead atoms. The Labute approximate surface area is 71.7 Å². The first-order valence-corrected chi connectivity index (χ1v) is 3.41. The summed E-state index contributed by atoms with van der Waals surface area (Å²) in [7, 11) is 0. The highest BCUT2D eigenvalue weighted by Crippen LogP contribution is 2.47. The fourth-order valence-corrected chi connectivity index (χ4v) is 1.12. The van der Waals surface area contributed by atoms with E-state index in [1.807, 2.05) is 0 Å². The maximum Gasteiger partial charge on any atom is 0.206 e. The van der Waals surface area contributed by atoms with Crippen LogP contribution >= 0.6 is 0 Å². The maximum atomic E-state index is 9.27. The van der Waals surface area contributed by atoms with Crippen LogP contribution in [0.25, 0.3) is 10.9 Å². The highest BCUT2D eigenvalue weighted by Gasteiger charge is 2.18. The lowest BCUT2D eigenvalue weighted by molar-refractivity contribution is 0.350. The van der Waals surface area contributed by atoms with Crippen LogP contribution in [0.3, 0.4) is 0 Å². The van der Waals surface area contributed by atoms with Crippen LogP contribution in [0.4, 0.5) is 0 Å². The van der Waals surface area contributed by atoms with Crippen LogP contribution in [0.2, 0.25) is 0 Å². The Morgan fingerprint density at radius 2 is 1.54 bits per heavy atom. The first kappa shape index (κ1) is 7.53. The van der Waals surface area contributed by atoms with Crippen molar-refractivity contribution < 1.29 is 20.4 Å². The van der Waals surface area contributed by atoms with Crippen LogP contribution in [-0.2, 0) is 0 Å². The van der Waals surface area contributed by atoms with Gasteiger partial charge in [0.25, 0.3) is 0 Å². The molecule has 0 spiro atoms. The zero-order valence-electron chi connectivity index (χ0n) is 6.31. The molecule has 68 valence electrons. The number of fused-ring (bicyclic) bond motifs is 1. The largest absolute Gasteiger partial charge is 0.504 e. The average molecular weight is 182 g/mol. The minimum atomic E-state index is -0.769. The summed E-state index contributed by atoms with van der Waals surface area (Å²) in [6.07, 6.45) is 1.23. The number of aromatic hydroxyl groups is 4. The minimum Gasteiger partial charge on any atom is -0.504 e. The fraction of sp³-hybridized carbons (Fsp3) is 0. The Morgan fingerprint density at radius 1 is 0.923 bits per heavy atom. The van der Waals surface area contributed by atoms with Crippen LogP contribution in [0.15, 0.2) is 6.20 Å². The van der Waals surface area contributed by atoms with Crippen LogP contribution < -0.4 is 0 Å². The third kappa shape index (κ3) is 0.792. The molecule has 0 unspecified atom stereocenters. The van der Waals surface area contributed by atoms with Crippen molar-refractivity contribution >= 4 is 10.9 Å². The zero-order chi connectivity index (χ0) is 9.59. The Kier molecular flexibility index (Phi) is 1.27. The Balaban J connectivity index is 3.02. The molecule has 1 aromatic heterocycles. The molecule has 0 atom stereocenters. The van der Waals surface area contributed by atoms with Gasteiger partial charge in [-0.1, -0.05) is 0 Å². The van der Waals surface area contributed by atoms with E-state index in [4.69, 9.17) is 10.2 Å². The summed E-state index contributed by atoms with van der Waals surface area (Å²) in [4.78, 5) is 0. The van der Waals surface area contributed by atoms with E-state index >= 15 is 0 Å². The van der Waals surface area contributed by atoms with E-state index in [1.54, 1.807) is 0 Å². The van der Waals surface area contributed by atoms with E-state index in [0.29, 0.717) is 0 Å². The number of nitrogens with one attached hydrogen (secondary N) is 1. The number of phenols is 4. The molecule has 2 aromatic rings. The van der Waals surface area contributed by atoms with E-state index in [2.05, 4.69) is 10.2 Å². The van der Waals surface area contributed by atoms with Crippen molar-refractivity contribution in [3.63, 3.8) is 0 Å². The van der Waals surface area contributed by atoms with Crippen molar-refractivity contribution in [1.82, 2.24) is 10.2 Å². The van der Waals surface area contributed by atoms with Gasteiger partial charge in [0.2, 0.25) is 11.5 Å². The molecule has 1 heterocycles. The molecule has 0 amide bonds. The Morgan fingerprint density at radius 3 is 2.23 bits per heavy atom. The first-order valence-electron chi connectivity index (χ1n) is 3.41. The number of aromatic nitrogens is 2. The number of hydrogen-bond acceptors (Lipinski definition) is 5. The summed E-state index contributed by atoms with van der Waals surface area (Å²) >= 11 is 0. The van der Waals surface area contributed by atoms with Gasteiger partial charge < -0.3 is 20.4 Å². The summed E-state index contributed by atoms with van der Waals surface area (Å²) in [6, 6.07) is 0. The molecule has 0 fully saturated rings. The molecular formula is C7H6N2O4. The van der Waals surface area contributed by atoms with Gasteiger partial charge in [0.05, 0.1) is 11.6 Å². The Hall–Kier alpha value is -2.11. The highest BCUT2D eigenvalue weighted by molar-refractivity contribution is 5.94. The number of hydrogen-bond donors (Lipinski definition) is 5. The third-order valence-electron chi connectivity index (χ3n) is 1.80. The quantitative estimate of drug-likeness (QED) is 0.299. The van der Waals surface area contributed by atoms with Crippen molar-refractivity contribution in [1.29, 1.82) is 0 Å². The van der Waals surface area contributed by atoms with Gasteiger partial charge in [-0.25, -0.2) is 0 Å².